The third-order valence-corrected chi connectivity index (χ3v) is 4.50. The van der Waals surface area contributed by atoms with Gasteiger partial charge in [-0.25, -0.2) is 9.82 Å². The number of nitrogens with zero attached hydrogens (tertiary/aromatic N) is 1. The molecule has 2 N–H and O–H groups in total. The number of rotatable bonds is 11. The summed E-state index contributed by atoms with van der Waals surface area (Å²) in [5, 5.41) is 6.35. The normalized spacial score (nSPS) is 10.7. The van der Waals surface area contributed by atoms with Crippen LogP contribution in [-0.4, -0.2) is 31.2 Å². The molecule has 2 aromatic rings. The second-order valence-electron chi connectivity index (χ2n) is 6.43. The van der Waals surface area contributed by atoms with Gasteiger partial charge in [0.05, 0.1) is 29.6 Å². The standard InChI is InChI=1S/C22H25BrFN3O4/c1-3-11-31-22-16(23)12-15(13-19(22)30-4-2)14-25-27-21(29)10-9-20(28)26-18-8-6-5-7-17(18)24/h5-8,12-14H,3-4,9-11H2,1-2H3,(H,26,28)(H,27,29). The molecule has 0 aliphatic carbocycles. The van der Waals surface area contributed by atoms with Gasteiger partial charge in [0.2, 0.25) is 11.8 Å². The fraction of sp³-hybridized carbons (Fsp3) is 0.318. The van der Waals surface area contributed by atoms with E-state index in [1.165, 1.54) is 24.4 Å². The van der Waals surface area contributed by atoms with Gasteiger partial charge in [0, 0.05) is 12.8 Å². The predicted octanol–water partition coefficient (Wildman–Crippen LogP) is 4.64. The molecule has 2 aromatic carbocycles. The molecule has 0 heterocycles. The van der Waals surface area contributed by atoms with Crippen LogP contribution in [0.4, 0.5) is 10.1 Å². The second-order valence-corrected chi connectivity index (χ2v) is 7.29. The number of benzene rings is 2. The smallest absolute Gasteiger partial charge is 0.240 e. The predicted molar refractivity (Wildman–Crippen MR) is 121 cm³/mol. The summed E-state index contributed by atoms with van der Waals surface area (Å²) in [4.78, 5) is 23.8. The summed E-state index contributed by atoms with van der Waals surface area (Å²) in [7, 11) is 0. The van der Waals surface area contributed by atoms with E-state index in [4.69, 9.17) is 9.47 Å². The summed E-state index contributed by atoms with van der Waals surface area (Å²) in [6.07, 6.45) is 2.15. The van der Waals surface area contributed by atoms with E-state index in [9.17, 15) is 14.0 Å². The van der Waals surface area contributed by atoms with E-state index in [1.54, 1.807) is 18.2 Å². The number of halogens is 2. The topological polar surface area (TPSA) is 89.0 Å². The molecule has 7 nitrogen and oxygen atoms in total. The zero-order valence-electron chi connectivity index (χ0n) is 17.4. The van der Waals surface area contributed by atoms with Gasteiger partial charge in [-0.05, 0) is 59.1 Å². The van der Waals surface area contributed by atoms with Crippen LogP contribution in [0, 0.1) is 5.82 Å². The lowest BCUT2D eigenvalue weighted by Gasteiger charge is -2.14. The van der Waals surface area contributed by atoms with Crippen molar-refractivity contribution < 1.29 is 23.5 Å². The highest BCUT2D eigenvalue weighted by molar-refractivity contribution is 9.10. The monoisotopic (exact) mass is 493 g/mol. The minimum absolute atomic E-state index is 0.0768. The van der Waals surface area contributed by atoms with Crippen LogP contribution in [0.15, 0.2) is 46.0 Å². The molecule has 0 unspecified atom stereocenters. The lowest BCUT2D eigenvalue weighted by molar-refractivity contribution is -0.124. The highest BCUT2D eigenvalue weighted by Crippen LogP contribution is 2.36. The zero-order chi connectivity index (χ0) is 22.6. The minimum Gasteiger partial charge on any atom is -0.490 e. The van der Waals surface area contributed by atoms with Crippen LogP contribution < -0.4 is 20.2 Å². The molecule has 0 atom stereocenters. The van der Waals surface area contributed by atoms with Gasteiger partial charge >= 0.3 is 0 Å². The molecule has 0 bridgehead atoms. The Balaban J connectivity index is 1.88. The maximum absolute atomic E-state index is 13.5. The fourth-order valence-electron chi connectivity index (χ4n) is 2.51. The van der Waals surface area contributed by atoms with E-state index in [1.807, 2.05) is 13.8 Å². The van der Waals surface area contributed by atoms with Gasteiger partial charge in [-0.1, -0.05) is 19.1 Å². The molecule has 0 aliphatic rings. The Kier molecular flexibility index (Phi) is 9.96. The van der Waals surface area contributed by atoms with Crippen molar-refractivity contribution in [3.63, 3.8) is 0 Å². The molecule has 0 saturated heterocycles. The van der Waals surface area contributed by atoms with Crippen molar-refractivity contribution >= 4 is 39.6 Å². The molecule has 0 spiro atoms. The van der Waals surface area contributed by atoms with E-state index in [0.29, 0.717) is 34.7 Å². The van der Waals surface area contributed by atoms with Crippen molar-refractivity contribution in [2.45, 2.75) is 33.1 Å². The first-order valence-electron chi connectivity index (χ1n) is 9.90. The Morgan fingerprint density at radius 2 is 1.87 bits per heavy atom. The first-order chi connectivity index (χ1) is 14.9. The first kappa shape index (κ1) is 24.3. The number of hydrogen-bond donors (Lipinski definition) is 2. The van der Waals surface area contributed by atoms with E-state index in [2.05, 4.69) is 31.8 Å². The molecule has 0 fully saturated rings. The number of para-hydroxylation sites is 1. The lowest BCUT2D eigenvalue weighted by Crippen LogP contribution is -2.21. The van der Waals surface area contributed by atoms with Crippen LogP contribution in [0.25, 0.3) is 0 Å². The van der Waals surface area contributed by atoms with Crippen molar-refractivity contribution in [2.24, 2.45) is 5.10 Å². The minimum atomic E-state index is -0.534. The summed E-state index contributed by atoms with van der Waals surface area (Å²) in [5.41, 5.74) is 3.14. The molecule has 0 aromatic heterocycles. The van der Waals surface area contributed by atoms with Crippen molar-refractivity contribution in [1.29, 1.82) is 0 Å². The van der Waals surface area contributed by atoms with Crippen molar-refractivity contribution in [3.8, 4) is 11.5 Å². The van der Waals surface area contributed by atoms with Gasteiger partial charge in [-0.15, -0.1) is 0 Å². The molecule has 31 heavy (non-hydrogen) atoms. The maximum atomic E-state index is 13.5. The van der Waals surface area contributed by atoms with Crippen molar-refractivity contribution in [2.75, 3.05) is 18.5 Å². The maximum Gasteiger partial charge on any atom is 0.240 e. The van der Waals surface area contributed by atoms with E-state index in [-0.39, 0.29) is 18.5 Å². The zero-order valence-corrected chi connectivity index (χ0v) is 19.0. The van der Waals surface area contributed by atoms with Crippen LogP contribution in [-0.2, 0) is 9.59 Å². The van der Waals surface area contributed by atoms with Crippen molar-refractivity contribution in [3.05, 3.63) is 52.3 Å². The van der Waals surface area contributed by atoms with Crippen LogP contribution in [0.5, 0.6) is 11.5 Å². The summed E-state index contributed by atoms with van der Waals surface area (Å²) in [6, 6.07) is 9.39. The van der Waals surface area contributed by atoms with Crippen LogP contribution >= 0.6 is 15.9 Å². The van der Waals surface area contributed by atoms with Gasteiger partial charge in [-0.3, -0.25) is 9.59 Å². The molecule has 0 aliphatic heterocycles. The molecule has 166 valence electrons. The van der Waals surface area contributed by atoms with Gasteiger partial charge in [0.25, 0.3) is 0 Å². The summed E-state index contributed by atoms with van der Waals surface area (Å²) in [5.74, 6) is -0.244. The SMILES string of the molecule is CCCOc1c(Br)cc(C=NNC(=O)CCC(=O)Nc2ccccc2F)cc1OCC. The quantitative estimate of drug-likeness (QED) is 0.352. The highest BCUT2D eigenvalue weighted by Gasteiger charge is 2.12. The number of hydrazone groups is 1. The number of anilines is 1. The van der Waals surface area contributed by atoms with Crippen LogP contribution in [0.3, 0.4) is 0 Å². The number of nitrogens with one attached hydrogen (secondary N) is 2. The van der Waals surface area contributed by atoms with Crippen molar-refractivity contribution in [1.82, 2.24) is 5.43 Å². The Bertz CT molecular complexity index is 937. The first-order valence-corrected chi connectivity index (χ1v) is 10.7. The van der Waals surface area contributed by atoms with Gasteiger partial charge < -0.3 is 14.8 Å². The van der Waals surface area contributed by atoms with Crippen LogP contribution in [0.1, 0.15) is 38.7 Å². The van der Waals surface area contributed by atoms with Gasteiger partial charge in [0.1, 0.15) is 5.82 Å². The average Bonchev–Trinajstić information content (AvgIpc) is 2.74. The number of carbonyl (C=O) groups is 2. The van der Waals surface area contributed by atoms with E-state index < -0.39 is 17.6 Å². The van der Waals surface area contributed by atoms with E-state index >= 15 is 0 Å². The Hall–Kier alpha value is -2.94. The van der Waals surface area contributed by atoms with Gasteiger partial charge in [0.15, 0.2) is 11.5 Å². The number of ether oxygens (including phenoxy) is 2. The number of amides is 2. The molecule has 0 saturated carbocycles. The summed E-state index contributed by atoms with van der Waals surface area (Å²) < 4.78 is 25.6. The van der Waals surface area contributed by atoms with Crippen LogP contribution in [0.2, 0.25) is 0 Å². The average molecular weight is 494 g/mol. The highest BCUT2D eigenvalue weighted by atomic mass is 79.9. The molecule has 9 heteroatoms. The lowest BCUT2D eigenvalue weighted by atomic mass is 10.2. The number of hydrogen-bond acceptors (Lipinski definition) is 5. The van der Waals surface area contributed by atoms with Gasteiger partial charge in [-0.2, -0.15) is 5.10 Å². The third-order valence-electron chi connectivity index (χ3n) is 3.91. The number of carbonyl (C=O) groups excluding carboxylic acids is 2. The molecule has 0 radical (unpaired) electrons. The summed E-state index contributed by atoms with van der Waals surface area (Å²) in [6.45, 7) is 4.93. The van der Waals surface area contributed by atoms with E-state index in [0.717, 1.165) is 6.42 Å². The Morgan fingerprint density at radius 3 is 2.58 bits per heavy atom. The third kappa shape index (κ3) is 8.01. The Labute approximate surface area is 189 Å². The largest absolute Gasteiger partial charge is 0.490 e. The fourth-order valence-corrected chi connectivity index (χ4v) is 3.08. The summed E-state index contributed by atoms with van der Waals surface area (Å²) >= 11 is 3.47. The molecular weight excluding hydrogens is 469 g/mol. The Morgan fingerprint density at radius 1 is 1.13 bits per heavy atom. The molecule has 2 amide bonds. The molecule has 2 rings (SSSR count). The second kappa shape index (κ2) is 12.7. The molecular formula is C22H25BrFN3O4.